The Morgan fingerprint density at radius 3 is 2.48 bits per heavy atom. The van der Waals surface area contributed by atoms with E-state index in [0.717, 1.165) is 31.4 Å². The van der Waals surface area contributed by atoms with Gasteiger partial charge in [-0.1, -0.05) is 67.9 Å². The van der Waals surface area contributed by atoms with Crippen molar-refractivity contribution in [2.24, 2.45) is 33.6 Å². The molecular formula is C25H29Cl2N3O2S. The van der Waals surface area contributed by atoms with Gasteiger partial charge in [0.05, 0.1) is 27.6 Å². The highest BCUT2D eigenvalue weighted by Crippen LogP contribution is 2.64. The van der Waals surface area contributed by atoms with E-state index in [-0.39, 0.29) is 40.4 Å². The number of benzene rings is 1. The third-order valence-electron chi connectivity index (χ3n) is 8.10. The molecule has 2 aliphatic heterocycles. The molecule has 0 spiro atoms. The molecule has 3 aliphatic carbocycles. The van der Waals surface area contributed by atoms with Crippen LogP contribution < -0.4 is 0 Å². The number of amides is 2. The first-order valence-corrected chi connectivity index (χ1v) is 13.4. The summed E-state index contributed by atoms with van der Waals surface area (Å²) in [7, 11) is 0. The molecule has 3 fully saturated rings. The Hall–Kier alpha value is -1.50. The molecule has 4 atom stereocenters. The number of allylic oxidation sites excluding steroid dienone is 2. The molecule has 0 N–H and O–H groups in total. The van der Waals surface area contributed by atoms with Gasteiger partial charge in [-0.3, -0.25) is 14.6 Å². The van der Waals surface area contributed by atoms with Gasteiger partial charge in [-0.15, -0.1) is 0 Å². The Morgan fingerprint density at radius 2 is 1.82 bits per heavy atom. The minimum atomic E-state index is -0.314. The van der Waals surface area contributed by atoms with Crippen LogP contribution in [0.25, 0.3) is 0 Å². The Labute approximate surface area is 209 Å². The van der Waals surface area contributed by atoms with Gasteiger partial charge >= 0.3 is 0 Å². The standard InChI is InChI=1S/C25H29Cl2N3O2S/c1-15(2)25-10-8-24(3,9-11-25)19-20(25)22(32)30(21(19)31)29-12-4-5-13-33-23(29)28-16-6-7-17(26)18(27)14-16/h6-8,10,14-15,19-20H,4-5,9,11-13H2,1-3H3/t19?,20?,24-,25+/m0/s1. The van der Waals surface area contributed by atoms with Crippen LogP contribution in [0.3, 0.4) is 0 Å². The number of hydrazine groups is 1. The van der Waals surface area contributed by atoms with Crippen molar-refractivity contribution in [2.45, 2.75) is 46.5 Å². The van der Waals surface area contributed by atoms with E-state index < -0.39 is 0 Å². The summed E-state index contributed by atoms with van der Waals surface area (Å²) in [5, 5.41) is 4.83. The van der Waals surface area contributed by atoms with E-state index in [2.05, 4.69) is 32.9 Å². The van der Waals surface area contributed by atoms with Crippen molar-refractivity contribution in [2.75, 3.05) is 12.3 Å². The topological polar surface area (TPSA) is 53.0 Å². The normalized spacial score (nSPS) is 35.0. The number of carbonyl (C=O) groups is 2. The zero-order valence-corrected chi connectivity index (χ0v) is 21.5. The van der Waals surface area contributed by atoms with Gasteiger partial charge < -0.3 is 0 Å². The van der Waals surface area contributed by atoms with Crippen LogP contribution >= 0.6 is 35.0 Å². The maximum absolute atomic E-state index is 14.0. The Kier molecular flexibility index (Phi) is 5.86. The molecule has 2 heterocycles. The van der Waals surface area contributed by atoms with Gasteiger partial charge in [0.2, 0.25) is 0 Å². The number of aliphatic imine (C=N–C) groups is 1. The van der Waals surface area contributed by atoms with Gasteiger partial charge in [0, 0.05) is 17.7 Å². The number of thioether (sulfide) groups is 1. The number of fused-ring (bicyclic) bond motifs is 1. The molecule has 6 rings (SSSR count). The number of halogens is 2. The summed E-state index contributed by atoms with van der Waals surface area (Å²) in [5.41, 5.74) is 0.120. The minimum absolute atomic E-state index is 0.0710. The first-order chi connectivity index (χ1) is 15.7. The van der Waals surface area contributed by atoms with Crippen LogP contribution in [-0.2, 0) is 9.59 Å². The van der Waals surface area contributed by atoms with Gasteiger partial charge in [-0.05, 0) is 55.2 Å². The third kappa shape index (κ3) is 3.55. The summed E-state index contributed by atoms with van der Waals surface area (Å²) in [6.07, 6.45) is 8.25. The van der Waals surface area contributed by atoms with Crippen LogP contribution in [0.4, 0.5) is 5.69 Å². The summed E-state index contributed by atoms with van der Waals surface area (Å²) in [5.74, 6) is 0.392. The van der Waals surface area contributed by atoms with E-state index in [1.165, 1.54) is 5.01 Å². The Balaban J connectivity index is 1.56. The second-order valence-corrected chi connectivity index (χ2v) is 12.1. The SMILES string of the molecule is CC(C)[C@@]12C=C[C@@](C)(CC1)C1C(=O)N(N3CCCCSC3=Nc3ccc(Cl)c(Cl)c3)C(=O)C12. The predicted molar refractivity (Wildman–Crippen MR) is 135 cm³/mol. The van der Waals surface area contributed by atoms with Crippen LogP contribution in [0, 0.1) is 28.6 Å². The fourth-order valence-corrected chi connectivity index (χ4v) is 7.41. The smallest absolute Gasteiger partial charge is 0.253 e. The monoisotopic (exact) mass is 505 g/mol. The molecule has 1 aromatic rings. The van der Waals surface area contributed by atoms with Crippen LogP contribution in [0.15, 0.2) is 35.3 Å². The highest BCUT2D eigenvalue weighted by atomic mass is 35.5. The molecule has 5 nitrogen and oxygen atoms in total. The van der Waals surface area contributed by atoms with Crippen molar-refractivity contribution in [3.8, 4) is 0 Å². The van der Waals surface area contributed by atoms with E-state index in [0.29, 0.717) is 27.4 Å². The number of hydrogen-bond donors (Lipinski definition) is 0. The molecule has 1 saturated carbocycles. The number of nitrogens with zero attached hydrogens (tertiary/aromatic N) is 3. The molecule has 2 saturated heterocycles. The molecule has 2 unspecified atom stereocenters. The largest absolute Gasteiger partial charge is 0.272 e. The van der Waals surface area contributed by atoms with Crippen LogP contribution in [0.2, 0.25) is 10.0 Å². The zero-order valence-electron chi connectivity index (χ0n) is 19.2. The van der Waals surface area contributed by atoms with E-state index in [9.17, 15) is 9.59 Å². The van der Waals surface area contributed by atoms with Crippen LogP contribution in [0.5, 0.6) is 0 Å². The van der Waals surface area contributed by atoms with Gasteiger partial charge in [0.25, 0.3) is 11.8 Å². The molecule has 33 heavy (non-hydrogen) atoms. The maximum atomic E-state index is 14.0. The number of hydrogen-bond acceptors (Lipinski definition) is 4. The number of amidine groups is 1. The molecule has 5 aliphatic rings. The van der Waals surface area contributed by atoms with Gasteiger partial charge in [-0.2, -0.15) is 5.01 Å². The summed E-state index contributed by atoms with van der Waals surface area (Å²) in [6, 6.07) is 5.23. The maximum Gasteiger partial charge on any atom is 0.253 e. The first kappa shape index (κ1) is 23.3. The summed E-state index contributed by atoms with van der Waals surface area (Å²) < 4.78 is 0. The molecule has 0 radical (unpaired) electrons. The Bertz CT molecular complexity index is 1070. The van der Waals surface area contributed by atoms with Crippen LogP contribution in [-0.4, -0.2) is 39.3 Å². The molecule has 2 amide bonds. The van der Waals surface area contributed by atoms with Gasteiger partial charge in [0.1, 0.15) is 0 Å². The van der Waals surface area contributed by atoms with Crippen molar-refractivity contribution in [1.29, 1.82) is 0 Å². The predicted octanol–water partition coefficient (Wildman–Crippen LogP) is 6.34. The second-order valence-electron chi connectivity index (χ2n) is 10.2. The molecule has 8 heteroatoms. The summed E-state index contributed by atoms with van der Waals surface area (Å²) >= 11 is 13.9. The number of rotatable bonds is 3. The third-order valence-corrected chi connectivity index (χ3v) is 9.90. The van der Waals surface area contributed by atoms with Crippen molar-refractivity contribution in [3.63, 3.8) is 0 Å². The highest BCUT2D eigenvalue weighted by Gasteiger charge is 2.68. The van der Waals surface area contributed by atoms with E-state index in [1.807, 2.05) is 5.01 Å². The van der Waals surface area contributed by atoms with Crippen LogP contribution in [0.1, 0.15) is 46.5 Å². The number of carbonyl (C=O) groups excluding carboxylic acids is 2. The lowest BCUT2D eigenvalue weighted by molar-refractivity contribution is -0.153. The van der Waals surface area contributed by atoms with Crippen molar-refractivity contribution in [3.05, 3.63) is 40.4 Å². The highest BCUT2D eigenvalue weighted by molar-refractivity contribution is 8.13. The average Bonchev–Trinajstić information content (AvgIpc) is 2.92. The minimum Gasteiger partial charge on any atom is -0.272 e. The first-order valence-electron chi connectivity index (χ1n) is 11.7. The van der Waals surface area contributed by atoms with Gasteiger partial charge in [0.15, 0.2) is 5.17 Å². The van der Waals surface area contributed by atoms with Crippen molar-refractivity contribution < 1.29 is 9.59 Å². The molecule has 176 valence electrons. The zero-order chi connectivity index (χ0) is 23.5. The quantitative estimate of drug-likeness (QED) is 0.355. The van der Waals surface area contributed by atoms with E-state index in [1.54, 1.807) is 30.0 Å². The summed E-state index contributed by atoms with van der Waals surface area (Å²) in [4.78, 5) is 32.8. The van der Waals surface area contributed by atoms with E-state index in [4.69, 9.17) is 28.2 Å². The molecule has 2 bridgehead atoms. The van der Waals surface area contributed by atoms with Gasteiger partial charge in [-0.25, -0.2) is 4.99 Å². The fraction of sp³-hybridized carbons (Fsp3) is 0.560. The average molecular weight is 506 g/mol. The lowest BCUT2D eigenvalue weighted by Gasteiger charge is -2.55. The molecular weight excluding hydrogens is 477 g/mol. The fourth-order valence-electron chi connectivity index (χ4n) is 6.09. The van der Waals surface area contributed by atoms with Crippen molar-refractivity contribution >= 4 is 57.6 Å². The summed E-state index contributed by atoms with van der Waals surface area (Å²) in [6.45, 7) is 7.08. The Morgan fingerprint density at radius 1 is 1.06 bits per heavy atom. The molecule has 0 aromatic heterocycles. The lowest BCUT2D eigenvalue weighted by Crippen LogP contribution is -2.53. The lowest BCUT2D eigenvalue weighted by atomic mass is 9.46. The number of imide groups is 1. The second kappa shape index (κ2) is 8.31. The van der Waals surface area contributed by atoms with E-state index >= 15 is 0 Å². The van der Waals surface area contributed by atoms with Crippen molar-refractivity contribution in [1.82, 2.24) is 10.0 Å². The molecule has 1 aromatic carbocycles.